The number of nitrogens with two attached hydrogens (primary N) is 1. The predicted molar refractivity (Wildman–Crippen MR) is 41.5 cm³/mol. The van der Waals surface area contributed by atoms with Crippen molar-refractivity contribution in [2.24, 2.45) is 11.1 Å². The van der Waals surface area contributed by atoms with E-state index in [0.29, 0.717) is 0 Å². The molecule has 1 aliphatic carbocycles. The number of likely N-dealkylation sites (tertiary alicyclic amines) is 1. The average Bonchev–Trinajstić information content (AvgIpc) is 2.29. The van der Waals surface area contributed by atoms with Crippen molar-refractivity contribution < 1.29 is 0 Å². The standard InChI is InChI=1S/C8H16N2/c9-7-10-5-4-8(6-10)2-1-3-8/h1-7,9H2. The zero-order valence-electron chi connectivity index (χ0n) is 6.47. The van der Waals surface area contributed by atoms with E-state index in [4.69, 9.17) is 5.73 Å². The molecule has 2 N–H and O–H groups in total. The first-order valence-corrected chi connectivity index (χ1v) is 4.27. The smallest absolute Gasteiger partial charge is 0.0455 e. The van der Waals surface area contributed by atoms with Gasteiger partial charge in [0, 0.05) is 13.2 Å². The summed E-state index contributed by atoms with van der Waals surface area (Å²) in [7, 11) is 0. The molecule has 0 aromatic carbocycles. The van der Waals surface area contributed by atoms with Gasteiger partial charge in [-0.3, -0.25) is 4.90 Å². The van der Waals surface area contributed by atoms with Gasteiger partial charge in [0.05, 0.1) is 0 Å². The highest BCUT2D eigenvalue weighted by Crippen LogP contribution is 2.47. The SMILES string of the molecule is NCN1CCC2(CCC2)C1. The van der Waals surface area contributed by atoms with E-state index in [0.717, 1.165) is 12.1 Å². The zero-order chi connectivity index (χ0) is 7.03. The molecule has 1 spiro atoms. The Morgan fingerprint density at radius 3 is 2.40 bits per heavy atom. The Kier molecular flexibility index (Phi) is 1.46. The lowest BCUT2D eigenvalue weighted by Crippen LogP contribution is -2.35. The Hall–Kier alpha value is -0.0800. The molecule has 1 saturated carbocycles. The van der Waals surface area contributed by atoms with Gasteiger partial charge in [-0.1, -0.05) is 6.42 Å². The Balaban J connectivity index is 1.92. The lowest BCUT2D eigenvalue weighted by atomic mass is 9.68. The number of hydrogen-bond acceptors (Lipinski definition) is 2. The summed E-state index contributed by atoms with van der Waals surface area (Å²) in [5.41, 5.74) is 6.30. The summed E-state index contributed by atoms with van der Waals surface area (Å²) in [6.07, 6.45) is 5.79. The van der Waals surface area contributed by atoms with Crippen LogP contribution < -0.4 is 5.73 Å². The molecular weight excluding hydrogens is 124 g/mol. The lowest BCUT2D eigenvalue weighted by molar-refractivity contribution is 0.140. The van der Waals surface area contributed by atoms with E-state index >= 15 is 0 Å². The molecule has 1 saturated heterocycles. The lowest BCUT2D eigenvalue weighted by Gasteiger charge is -2.38. The van der Waals surface area contributed by atoms with Crippen molar-refractivity contribution in [3.63, 3.8) is 0 Å². The van der Waals surface area contributed by atoms with Crippen LogP contribution in [0.3, 0.4) is 0 Å². The van der Waals surface area contributed by atoms with Crippen LogP contribution in [-0.2, 0) is 0 Å². The summed E-state index contributed by atoms with van der Waals surface area (Å²) >= 11 is 0. The van der Waals surface area contributed by atoms with Gasteiger partial charge in [-0.15, -0.1) is 0 Å². The molecule has 2 nitrogen and oxygen atoms in total. The first-order chi connectivity index (χ1) is 4.85. The molecule has 2 rings (SSSR count). The van der Waals surface area contributed by atoms with Crippen LogP contribution in [0, 0.1) is 5.41 Å². The Bertz CT molecular complexity index is 129. The van der Waals surface area contributed by atoms with Crippen molar-refractivity contribution in [3.05, 3.63) is 0 Å². The Morgan fingerprint density at radius 1 is 1.30 bits per heavy atom. The van der Waals surface area contributed by atoms with Crippen LogP contribution in [0.4, 0.5) is 0 Å². The van der Waals surface area contributed by atoms with Gasteiger partial charge < -0.3 is 5.73 Å². The first kappa shape index (κ1) is 6.62. The molecule has 0 amide bonds. The summed E-state index contributed by atoms with van der Waals surface area (Å²) in [5.74, 6) is 0. The minimum Gasteiger partial charge on any atom is -0.318 e. The predicted octanol–water partition coefficient (Wildman–Crippen LogP) is 0.779. The molecule has 1 aliphatic heterocycles. The normalized spacial score (nSPS) is 30.9. The van der Waals surface area contributed by atoms with Crippen molar-refractivity contribution in [2.75, 3.05) is 19.8 Å². The maximum absolute atomic E-state index is 5.56. The molecule has 2 aliphatic rings. The van der Waals surface area contributed by atoms with Crippen LogP contribution in [0.25, 0.3) is 0 Å². The van der Waals surface area contributed by atoms with E-state index in [1.807, 2.05) is 0 Å². The average molecular weight is 140 g/mol. The van der Waals surface area contributed by atoms with Crippen LogP contribution in [0.1, 0.15) is 25.7 Å². The third-order valence-corrected chi connectivity index (χ3v) is 3.19. The minimum atomic E-state index is 0.735. The maximum Gasteiger partial charge on any atom is 0.0455 e. The van der Waals surface area contributed by atoms with Gasteiger partial charge in [0.2, 0.25) is 0 Å². The third-order valence-electron chi connectivity index (χ3n) is 3.19. The second-order valence-electron chi connectivity index (χ2n) is 3.84. The molecule has 0 atom stereocenters. The second-order valence-corrected chi connectivity index (χ2v) is 3.84. The molecule has 0 unspecified atom stereocenters. The fourth-order valence-electron chi connectivity index (χ4n) is 2.27. The largest absolute Gasteiger partial charge is 0.318 e. The summed E-state index contributed by atoms with van der Waals surface area (Å²) in [6.45, 7) is 3.29. The number of nitrogens with zero attached hydrogens (tertiary/aromatic N) is 1. The van der Waals surface area contributed by atoms with Gasteiger partial charge in [0.15, 0.2) is 0 Å². The van der Waals surface area contributed by atoms with Crippen molar-refractivity contribution in [2.45, 2.75) is 25.7 Å². The summed E-state index contributed by atoms with van der Waals surface area (Å²) in [6, 6.07) is 0. The van der Waals surface area contributed by atoms with Crippen molar-refractivity contribution in [1.82, 2.24) is 4.90 Å². The fourth-order valence-corrected chi connectivity index (χ4v) is 2.27. The molecule has 10 heavy (non-hydrogen) atoms. The third kappa shape index (κ3) is 0.867. The highest BCUT2D eigenvalue weighted by atomic mass is 15.2. The fraction of sp³-hybridized carbons (Fsp3) is 1.00. The monoisotopic (exact) mass is 140 g/mol. The van der Waals surface area contributed by atoms with Gasteiger partial charge in [-0.2, -0.15) is 0 Å². The Labute approximate surface area is 62.4 Å². The molecule has 2 heteroatoms. The molecular formula is C8H16N2. The van der Waals surface area contributed by atoms with E-state index in [1.165, 1.54) is 38.8 Å². The molecule has 0 bridgehead atoms. The van der Waals surface area contributed by atoms with Gasteiger partial charge >= 0.3 is 0 Å². The molecule has 1 heterocycles. The summed E-state index contributed by atoms with van der Waals surface area (Å²) < 4.78 is 0. The number of hydrogen-bond donors (Lipinski definition) is 1. The van der Waals surface area contributed by atoms with Crippen molar-refractivity contribution >= 4 is 0 Å². The maximum atomic E-state index is 5.56. The highest BCUT2D eigenvalue weighted by molar-refractivity contribution is 4.95. The molecule has 0 radical (unpaired) electrons. The van der Waals surface area contributed by atoms with Gasteiger partial charge in [-0.25, -0.2) is 0 Å². The zero-order valence-corrected chi connectivity index (χ0v) is 6.47. The van der Waals surface area contributed by atoms with E-state index in [9.17, 15) is 0 Å². The summed E-state index contributed by atoms with van der Waals surface area (Å²) in [4.78, 5) is 2.37. The number of rotatable bonds is 1. The Morgan fingerprint density at radius 2 is 2.10 bits per heavy atom. The first-order valence-electron chi connectivity index (χ1n) is 4.27. The molecule has 2 fully saturated rings. The van der Waals surface area contributed by atoms with Crippen LogP contribution in [0.2, 0.25) is 0 Å². The van der Waals surface area contributed by atoms with Crippen molar-refractivity contribution in [3.8, 4) is 0 Å². The van der Waals surface area contributed by atoms with Crippen LogP contribution in [0.5, 0.6) is 0 Å². The van der Waals surface area contributed by atoms with Crippen LogP contribution in [-0.4, -0.2) is 24.7 Å². The minimum absolute atomic E-state index is 0.735. The topological polar surface area (TPSA) is 29.3 Å². The highest BCUT2D eigenvalue weighted by Gasteiger charge is 2.41. The van der Waals surface area contributed by atoms with Gasteiger partial charge in [-0.05, 0) is 31.2 Å². The van der Waals surface area contributed by atoms with Crippen LogP contribution in [0.15, 0.2) is 0 Å². The molecule has 58 valence electrons. The van der Waals surface area contributed by atoms with E-state index in [-0.39, 0.29) is 0 Å². The molecule has 0 aromatic rings. The van der Waals surface area contributed by atoms with Gasteiger partial charge in [0.1, 0.15) is 0 Å². The summed E-state index contributed by atoms with van der Waals surface area (Å²) in [5, 5.41) is 0. The van der Waals surface area contributed by atoms with E-state index < -0.39 is 0 Å². The van der Waals surface area contributed by atoms with Gasteiger partial charge in [0.25, 0.3) is 0 Å². The van der Waals surface area contributed by atoms with E-state index in [2.05, 4.69) is 4.90 Å². The van der Waals surface area contributed by atoms with Crippen LogP contribution >= 0.6 is 0 Å². The van der Waals surface area contributed by atoms with E-state index in [1.54, 1.807) is 0 Å². The molecule has 0 aromatic heterocycles. The van der Waals surface area contributed by atoms with Crippen molar-refractivity contribution in [1.29, 1.82) is 0 Å². The second kappa shape index (κ2) is 2.21. The quantitative estimate of drug-likeness (QED) is 0.583.